The molecule has 0 aromatic rings. The first-order valence-electron chi connectivity index (χ1n) is 8.33. The van der Waals surface area contributed by atoms with E-state index in [4.69, 9.17) is 0 Å². The van der Waals surface area contributed by atoms with Crippen molar-refractivity contribution in [2.45, 2.75) is 51.7 Å². The molecule has 3 atom stereocenters. The number of aliphatic hydroxyl groups is 2. The van der Waals surface area contributed by atoms with Gasteiger partial charge in [-0.3, -0.25) is 4.90 Å². The minimum absolute atomic E-state index is 0.0974. The molecule has 118 valence electrons. The van der Waals surface area contributed by atoms with E-state index in [2.05, 4.69) is 24.1 Å². The first-order chi connectivity index (χ1) is 9.58. The molecule has 0 radical (unpaired) electrons. The van der Waals surface area contributed by atoms with E-state index in [1.807, 2.05) is 0 Å². The van der Waals surface area contributed by atoms with Gasteiger partial charge in [0.05, 0.1) is 12.7 Å². The molecule has 20 heavy (non-hydrogen) atoms. The van der Waals surface area contributed by atoms with E-state index in [1.165, 1.54) is 19.3 Å². The molecule has 0 spiro atoms. The van der Waals surface area contributed by atoms with Crippen LogP contribution in [0, 0.1) is 17.8 Å². The van der Waals surface area contributed by atoms with Crippen molar-refractivity contribution in [2.75, 3.05) is 32.8 Å². The lowest BCUT2D eigenvalue weighted by Gasteiger charge is -2.39. The van der Waals surface area contributed by atoms with Gasteiger partial charge in [-0.25, -0.2) is 0 Å². The second-order valence-corrected chi connectivity index (χ2v) is 7.22. The fourth-order valence-electron chi connectivity index (χ4n) is 3.36. The van der Waals surface area contributed by atoms with Crippen molar-refractivity contribution in [3.8, 4) is 0 Å². The number of hydrogen-bond donors (Lipinski definition) is 3. The van der Waals surface area contributed by atoms with Crippen molar-refractivity contribution in [1.82, 2.24) is 10.2 Å². The van der Waals surface area contributed by atoms with Crippen LogP contribution in [0.15, 0.2) is 0 Å². The molecule has 2 aliphatic rings. The smallest absolute Gasteiger partial charge is 0.0571 e. The molecule has 1 aliphatic heterocycles. The Morgan fingerprint density at radius 2 is 2.00 bits per heavy atom. The summed E-state index contributed by atoms with van der Waals surface area (Å²) in [4.78, 5) is 2.35. The molecular formula is C16H32N2O2. The molecule has 1 saturated heterocycles. The maximum atomic E-state index is 10.2. The maximum Gasteiger partial charge on any atom is 0.0571 e. The van der Waals surface area contributed by atoms with E-state index in [1.54, 1.807) is 0 Å². The zero-order valence-corrected chi connectivity index (χ0v) is 13.1. The minimum atomic E-state index is -0.0974. The SMILES string of the molecule is CC(C)CNC1CC(CC(O)C2CC2)CN(CCO)C1. The Labute approximate surface area is 123 Å². The fraction of sp³-hybridized carbons (Fsp3) is 1.00. The van der Waals surface area contributed by atoms with Crippen molar-refractivity contribution < 1.29 is 10.2 Å². The summed E-state index contributed by atoms with van der Waals surface area (Å²) in [6, 6.07) is 0.508. The normalized spacial score (nSPS) is 29.9. The van der Waals surface area contributed by atoms with Gasteiger partial charge in [-0.15, -0.1) is 0 Å². The largest absolute Gasteiger partial charge is 0.395 e. The lowest BCUT2D eigenvalue weighted by molar-refractivity contribution is 0.0669. The summed E-state index contributed by atoms with van der Waals surface area (Å²) in [7, 11) is 0. The van der Waals surface area contributed by atoms with Crippen molar-refractivity contribution in [3.05, 3.63) is 0 Å². The Morgan fingerprint density at radius 3 is 2.60 bits per heavy atom. The molecule has 4 heteroatoms. The van der Waals surface area contributed by atoms with E-state index in [0.717, 1.165) is 32.6 Å². The van der Waals surface area contributed by atoms with Gasteiger partial charge in [0.2, 0.25) is 0 Å². The van der Waals surface area contributed by atoms with Crippen LogP contribution in [0.3, 0.4) is 0 Å². The molecule has 3 unspecified atom stereocenters. The zero-order valence-electron chi connectivity index (χ0n) is 13.1. The van der Waals surface area contributed by atoms with Gasteiger partial charge in [0, 0.05) is 25.7 Å². The van der Waals surface area contributed by atoms with Crippen LogP contribution in [-0.4, -0.2) is 60.0 Å². The van der Waals surface area contributed by atoms with Crippen LogP contribution in [0.2, 0.25) is 0 Å². The highest BCUT2D eigenvalue weighted by atomic mass is 16.3. The first-order valence-corrected chi connectivity index (χ1v) is 8.33. The average Bonchev–Trinajstić information content (AvgIpc) is 3.20. The molecule has 1 aliphatic carbocycles. The Hall–Kier alpha value is -0.160. The lowest BCUT2D eigenvalue weighted by Crippen LogP contribution is -2.51. The second kappa shape index (κ2) is 7.74. The minimum Gasteiger partial charge on any atom is -0.395 e. The van der Waals surface area contributed by atoms with Gasteiger partial charge in [-0.1, -0.05) is 13.8 Å². The molecule has 0 bridgehead atoms. The molecule has 3 N–H and O–H groups in total. The Kier molecular flexibility index (Phi) is 6.27. The van der Waals surface area contributed by atoms with Crippen molar-refractivity contribution in [3.63, 3.8) is 0 Å². The van der Waals surface area contributed by atoms with Gasteiger partial charge in [-0.05, 0) is 50.0 Å². The van der Waals surface area contributed by atoms with Crippen LogP contribution in [0.25, 0.3) is 0 Å². The van der Waals surface area contributed by atoms with E-state index < -0.39 is 0 Å². The van der Waals surface area contributed by atoms with Gasteiger partial charge in [0.25, 0.3) is 0 Å². The number of nitrogens with one attached hydrogen (secondary N) is 1. The van der Waals surface area contributed by atoms with Gasteiger partial charge in [0.1, 0.15) is 0 Å². The van der Waals surface area contributed by atoms with Crippen LogP contribution in [0.4, 0.5) is 0 Å². The highest BCUT2D eigenvalue weighted by Gasteiger charge is 2.34. The van der Waals surface area contributed by atoms with E-state index in [0.29, 0.717) is 23.8 Å². The molecule has 1 saturated carbocycles. The van der Waals surface area contributed by atoms with Crippen LogP contribution in [0.1, 0.15) is 39.5 Å². The average molecular weight is 284 g/mol. The first kappa shape index (κ1) is 16.2. The quantitative estimate of drug-likeness (QED) is 0.624. The second-order valence-electron chi connectivity index (χ2n) is 7.22. The van der Waals surface area contributed by atoms with Gasteiger partial charge in [0.15, 0.2) is 0 Å². The van der Waals surface area contributed by atoms with Crippen LogP contribution >= 0.6 is 0 Å². The number of nitrogens with zero attached hydrogens (tertiary/aromatic N) is 1. The number of likely N-dealkylation sites (tertiary alicyclic amines) is 1. The third-order valence-electron chi connectivity index (χ3n) is 4.58. The predicted molar refractivity (Wildman–Crippen MR) is 81.6 cm³/mol. The number of β-amino-alcohol motifs (C(OH)–C–C–N with tert-alkyl or cyclic N) is 1. The summed E-state index contributed by atoms with van der Waals surface area (Å²) in [6.07, 6.45) is 4.43. The summed E-state index contributed by atoms with van der Waals surface area (Å²) in [6.45, 7) is 8.57. The summed E-state index contributed by atoms with van der Waals surface area (Å²) < 4.78 is 0. The molecule has 2 rings (SSSR count). The van der Waals surface area contributed by atoms with Crippen LogP contribution in [0.5, 0.6) is 0 Å². The molecule has 4 nitrogen and oxygen atoms in total. The number of rotatable bonds is 8. The Morgan fingerprint density at radius 1 is 1.25 bits per heavy atom. The molecule has 1 heterocycles. The third-order valence-corrected chi connectivity index (χ3v) is 4.58. The summed E-state index contributed by atoms with van der Waals surface area (Å²) in [5, 5.41) is 23.0. The standard InChI is InChI=1S/C16H32N2O2/c1-12(2)9-17-15-7-13(8-16(20)14-3-4-14)10-18(11-15)5-6-19/h12-17,19-20H,3-11H2,1-2H3. The fourth-order valence-corrected chi connectivity index (χ4v) is 3.36. The number of hydrogen-bond acceptors (Lipinski definition) is 4. The highest BCUT2D eigenvalue weighted by molar-refractivity contribution is 4.88. The molecular weight excluding hydrogens is 252 g/mol. The third kappa shape index (κ3) is 5.32. The predicted octanol–water partition coefficient (Wildman–Crippen LogP) is 1.08. The highest BCUT2D eigenvalue weighted by Crippen LogP contribution is 2.36. The summed E-state index contributed by atoms with van der Waals surface area (Å²) >= 11 is 0. The van der Waals surface area contributed by atoms with Crippen LogP contribution < -0.4 is 5.32 Å². The topological polar surface area (TPSA) is 55.7 Å². The molecule has 0 amide bonds. The maximum absolute atomic E-state index is 10.2. The van der Waals surface area contributed by atoms with Crippen molar-refractivity contribution in [1.29, 1.82) is 0 Å². The zero-order chi connectivity index (χ0) is 14.5. The van der Waals surface area contributed by atoms with Gasteiger partial charge >= 0.3 is 0 Å². The number of piperidine rings is 1. The monoisotopic (exact) mass is 284 g/mol. The molecule has 0 aromatic carbocycles. The van der Waals surface area contributed by atoms with E-state index in [-0.39, 0.29) is 12.7 Å². The Bertz CT molecular complexity index is 282. The van der Waals surface area contributed by atoms with Crippen LogP contribution in [-0.2, 0) is 0 Å². The lowest BCUT2D eigenvalue weighted by atomic mass is 9.88. The summed E-state index contributed by atoms with van der Waals surface area (Å²) in [5.74, 6) is 1.81. The number of aliphatic hydroxyl groups excluding tert-OH is 2. The van der Waals surface area contributed by atoms with Gasteiger partial charge < -0.3 is 15.5 Å². The summed E-state index contributed by atoms with van der Waals surface area (Å²) in [5.41, 5.74) is 0. The van der Waals surface area contributed by atoms with Crippen molar-refractivity contribution >= 4 is 0 Å². The van der Waals surface area contributed by atoms with Gasteiger partial charge in [-0.2, -0.15) is 0 Å². The molecule has 0 aromatic heterocycles. The van der Waals surface area contributed by atoms with E-state index in [9.17, 15) is 10.2 Å². The molecule has 2 fully saturated rings. The van der Waals surface area contributed by atoms with E-state index >= 15 is 0 Å². The van der Waals surface area contributed by atoms with Crippen molar-refractivity contribution in [2.24, 2.45) is 17.8 Å². The Balaban J connectivity index is 1.82.